The first-order valence-electron chi connectivity index (χ1n) is 7.42. The average molecular weight is 320 g/mol. The van der Waals surface area contributed by atoms with Crippen molar-refractivity contribution >= 4 is 17.2 Å². The van der Waals surface area contributed by atoms with Crippen LogP contribution in [0, 0.1) is 12.8 Å². The summed E-state index contributed by atoms with van der Waals surface area (Å²) in [4.78, 5) is 16.7. The van der Waals surface area contributed by atoms with Gasteiger partial charge in [-0.25, -0.2) is 4.98 Å². The maximum absolute atomic E-state index is 12.3. The van der Waals surface area contributed by atoms with Crippen LogP contribution >= 0.6 is 11.3 Å². The van der Waals surface area contributed by atoms with Crippen LogP contribution in [0.4, 0.5) is 0 Å². The number of carbonyl (C=O) groups is 1. The highest BCUT2D eigenvalue weighted by molar-refractivity contribution is 7.08. The van der Waals surface area contributed by atoms with Crippen LogP contribution in [0.25, 0.3) is 11.5 Å². The molecular formula is C16H20N2O3S. The Morgan fingerprint density at radius 2 is 2.36 bits per heavy atom. The zero-order valence-electron chi connectivity index (χ0n) is 12.8. The molecule has 118 valence electrons. The Labute approximate surface area is 133 Å². The molecule has 1 aliphatic carbocycles. The number of nitrogens with zero attached hydrogens (tertiary/aromatic N) is 1. The fourth-order valence-corrected chi connectivity index (χ4v) is 3.24. The topological polar surface area (TPSA) is 75.4 Å². The number of carbonyl (C=O) groups excluding carboxylic acids is 1. The van der Waals surface area contributed by atoms with Gasteiger partial charge in [-0.3, -0.25) is 4.79 Å². The third kappa shape index (κ3) is 3.08. The van der Waals surface area contributed by atoms with Crippen LogP contribution in [0.3, 0.4) is 0 Å². The number of aryl methyl sites for hydroxylation is 1. The summed E-state index contributed by atoms with van der Waals surface area (Å²) in [6, 6.07) is 1.94. The Morgan fingerprint density at radius 3 is 2.95 bits per heavy atom. The summed E-state index contributed by atoms with van der Waals surface area (Å²) in [6.07, 6.45) is 2.28. The molecule has 1 atom stereocenters. The molecule has 6 heteroatoms. The minimum atomic E-state index is -0.523. The van der Waals surface area contributed by atoms with Crippen molar-refractivity contribution in [2.75, 3.05) is 6.61 Å². The lowest BCUT2D eigenvalue weighted by atomic mass is 9.96. The van der Waals surface area contributed by atoms with Crippen LogP contribution < -0.4 is 5.32 Å². The number of nitrogens with one attached hydrogen (secondary N) is 1. The maximum Gasteiger partial charge on any atom is 0.227 e. The highest BCUT2D eigenvalue weighted by Crippen LogP contribution is 2.39. The monoisotopic (exact) mass is 320 g/mol. The van der Waals surface area contributed by atoms with Crippen LogP contribution in [0.2, 0.25) is 0 Å². The summed E-state index contributed by atoms with van der Waals surface area (Å²) < 4.78 is 5.64. The molecule has 3 rings (SSSR count). The fourth-order valence-electron chi connectivity index (χ4n) is 2.61. The first-order chi connectivity index (χ1) is 10.5. The second-order valence-corrected chi connectivity index (χ2v) is 6.89. The number of rotatable bonds is 6. The van der Waals surface area contributed by atoms with Gasteiger partial charge in [-0.2, -0.15) is 11.3 Å². The highest BCUT2D eigenvalue weighted by Gasteiger charge is 2.42. The van der Waals surface area contributed by atoms with E-state index < -0.39 is 5.54 Å². The molecule has 0 bridgehead atoms. The van der Waals surface area contributed by atoms with E-state index in [-0.39, 0.29) is 18.9 Å². The van der Waals surface area contributed by atoms with E-state index in [1.54, 1.807) is 11.3 Å². The van der Waals surface area contributed by atoms with E-state index in [2.05, 4.69) is 10.3 Å². The van der Waals surface area contributed by atoms with E-state index in [1.165, 1.54) is 0 Å². The van der Waals surface area contributed by atoms with Crippen LogP contribution in [-0.4, -0.2) is 28.1 Å². The summed E-state index contributed by atoms with van der Waals surface area (Å²) in [7, 11) is 0. The predicted molar refractivity (Wildman–Crippen MR) is 84.6 cm³/mol. The van der Waals surface area contributed by atoms with Gasteiger partial charge in [0.15, 0.2) is 0 Å². The van der Waals surface area contributed by atoms with Crippen molar-refractivity contribution in [1.82, 2.24) is 10.3 Å². The minimum absolute atomic E-state index is 0.0403. The standard InChI is InChI=1S/C16H20N2O3S/c1-10-13(17-15(21-10)11-5-6-22-8-11)7-14(20)18-16(2,9-19)12-3-4-12/h5-6,8,12,19H,3-4,7,9H2,1-2H3,(H,18,20). The van der Waals surface area contributed by atoms with E-state index in [0.717, 1.165) is 18.4 Å². The number of aromatic nitrogens is 1. The van der Waals surface area contributed by atoms with E-state index in [1.807, 2.05) is 30.7 Å². The smallest absolute Gasteiger partial charge is 0.227 e. The van der Waals surface area contributed by atoms with Gasteiger partial charge in [-0.15, -0.1) is 0 Å². The summed E-state index contributed by atoms with van der Waals surface area (Å²) in [5.74, 6) is 1.46. The van der Waals surface area contributed by atoms with Crippen molar-refractivity contribution < 1.29 is 14.3 Å². The molecule has 0 aliphatic heterocycles. The van der Waals surface area contributed by atoms with E-state index in [4.69, 9.17) is 4.42 Å². The fraction of sp³-hybridized carbons (Fsp3) is 0.500. The lowest BCUT2D eigenvalue weighted by Gasteiger charge is -2.28. The molecule has 0 aromatic carbocycles. The third-order valence-electron chi connectivity index (χ3n) is 4.22. The van der Waals surface area contributed by atoms with Crippen molar-refractivity contribution in [3.63, 3.8) is 0 Å². The predicted octanol–water partition coefficient (Wildman–Crippen LogP) is 2.53. The Hall–Kier alpha value is -1.66. The quantitative estimate of drug-likeness (QED) is 0.857. The Balaban J connectivity index is 1.69. The van der Waals surface area contributed by atoms with E-state index >= 15 is 0 Å². The molecule has 1 unspecified atom stereocenters. The van der Waals surface area contributed by atoms with Crippen LogP contribution in [0.1, 0.15) is 31.2 Å². The zero-order valence-corrected chi connectivity index (χ0v) is 13.6. The molecule has 2 aromatic heterocycles. The van der Waals surface area contributed by atoms with Gasteiger partial charge in [0.2, 0.25) is 11.8 Å². The highest BCUT2D eigenvalue weighted by atomic mass is 32.1. The van der Waals surface area contributed by atoms with Gasteiger partial charge in [0.1, 0.15) is 5.76 Å². The summed E-state index contributed by atoms with van der Waals surface area (Å²) in [5.41, 5.74) is 1.05. The summed E-state index contributed by atoms with van der Waals surface area (Å²) in [5, 5.41) is 16.4. The molecule has 0 radical (unpaired) electrons. The third-order valence-corrected chi connectivity index (χ3v) is 4.90. The molecule has 2 heterocycles. The van der Waals surface area contributed by atoms with Gasteiger partial charge >= 0.3 is 0 Å². The average Bonchev–Trinajstić information content (AvgIpc) is 3.10. The van der Waals surface area contributed by atoms with Gasteiger partial charge in [-0.05, 0) is 44.1 Å². The van der Waals surface area contributed by atoms with Crippen LogP contribution in [0.5, 0.6) is 0 Å². The van der Waals surface area contributed by atoms with E-state index in [0.29, 0.717) is 23.3 Å². The van der Waals surface area contributed by atoms with Crippen molar-refractivity contribution in [2.24, 2.45) is 5.92 Å². The number of aliphatic hydroxyl groups is 1. The zero-order chi connectivity index (χ0) is 15.7. The van der Waals surface area contributed by atoms with E-state index in [9.17, 15) is 9.90 Å². The lowest BCUT2D eigenvalue weighted by Crippen LogP contribution is -2.51. The molecule has 1 aliphatic rings. The minimum Gasteiger partial charge on any atom is -0.441 e. The number of thiophene rings is 1. The van der Waals surface area contributed by atoms with Gasteiger partial charge < -0.3 is 14.8 Å². The normalized spacial score (nSPS) is 17.2. The van der Waals surface area contributed by atoms with Crippen molar-refractivity contribution in [3.05, 3.63) is 28.3 Å². The van der Waals surface area contributed by atoms with Crippen LogP contribution in [0.15, 0.2) is 21.2 Å². The molecule has 1 saturated carbocycles. The summed E-state index contributed by atoms with van der Waals surface area (Å²) >= 11 is 1.58. The lowest BCUT2D eigenvalue weighted by molar-refractivity contribution is -0.123. The molecule has 0 saturated heterocycles. The Kier molecular flexibility index (Phi) is 4.06. The molecule has 22 heavy (non-hydrogen) atoms. The second-order valence-electron chi connectivity index (χ2n) is 6.11. The number of amides is 1. The van der Waals surface area contributed by atoms with Crippen molar-refractivity contribution in [1.29, 1.82) is 0 Å². The molecule has 2 aromatic rings. The maximum atomic E-state index is 12.3. The first-order valence-corrected chi connectivity index (χ1v) is 8.37. The van der Waals surface area contributed by atoms with Gasteiger partial charge in [0, 0.05) is 10.9 Å². The van der Waals surface area contributed by atoms with Gasteiger partial charge in [0.05, 0.1) is 24.3 Å². The Morgan fingerprint density at radius 1 is 1.59 bits per heavy atom. The molecule has 2 N–H and O–H groups in total. The molecule has 1 fully saturated rings. The Bertz CT molecular complexity index is 661. The molecule has 0 spiro atoms. The van der Waals surface area contributed by atoms with Crippen LogP contribution in [-0.2, 0) is 11.2 Å². The van der Waals surface area contributed by atoms with Gasteiger partial charge in [-0.1, -0.05) is 0 Å². The SMILES string of the molecule is Cc1oc(-c2ccsc2)nc1CC(=O)NC(C)(CO)C1CC1. The number of oxazole rings is 1. The molecule has 5 nitrogen and oxygen atoms in total. The van der Waals surface area contributed by atoms with Crippen molar-refractivity contribution in [3.8, 4) is 11.5 Å². The number of hydrogen-bond acceptors (Lipinski definition) is 5. The number of hydrogen-bond donors (Lipinski definition) is 2. The molecular weight excluding hydrogens is 300 g/mol. The molecule has 1 amide bonds. The van der Waals surface area contributed by atoms with Crippen molar-refractivity contribution in [2.45, 2.75) is 38.6 Å². The largest absolute Gasteiger partial charge is 0.441 e. The van der Waals surface area contributed by atoms with Gasteiger partial charge in [0.25, 0.3) is 0 Å². The number of aliphatic hydroxyl groups excluding tert-OH is 1. The second kappa shape index (κ2) is 5.85. The summed E-state index contributed by atoms with van der Waals surface area (Å²) in [6.45, 7) is 3.67. The first kappa shape index (κ1) is 15.2.